The summed E-state index contributed by atoms with van der Waals surface area (Å²) in [6.45, 7) is 9.61. The molecule has 0 amide bonds. The average molecular weight is 423 g/mol. The monoisotopic (exact) mass is 422 g/mol. The SMILES string of the molecule is CC(C)S(=O)(=O)CC1CCC(CCc2ccc(N3C[C@@H](C)O[C@@H](C)C3)nc2)CC1. The lowest BCUT2D eigenvalue weighted by molar-refractivity contribution is -0.00546. The van der Waals surface area contributed by atoms with Crippen LogP contribution < -0.4 is 4.90 Å². The number of anilines is 1. The van der Waals surface area contributed by atoms with Crippen molar-refractivity contribution in [3.63, 3.8) is 0 Å². The van der Waals surface area contributed by atoms with Crippen molar-refractivity contribution >= 4 is 15.7 Å². The van der Waals surface area contributed by atoms with E-state index in [1.165, 1.54) is 12.0 Å². The van der Waals surface area contributed by atoms with Crippen molar-refractivity contribution in [3.8, 4) is 0 Å². The van der Waals surface area contributed by atoms with Gasteiger partial charge in [-0.2, -0.15) is 0 Å². The zero-order chi connectivity index (χ0) is 21.0. The second-order valence-corrected chi connectivity index (χ2v) is 12.1. The average Bonchev–Trinajstić information content (AvgIpc) is 2.67. The molecule has 1 saturated carbocycles. The Morgan fingerprint density at radius 2 is 1.69 bits per heavy atom. The Balaban J connectivity index is 1.43. The van der Waals surface area contributed by atoms with E-state index in [9.17, 15) is 8.42 Å². The van der Waals surface area contributed by atoms with Crippen LogP contribution in [0.1, 0.15) is 65.4 Å². The summed E-state index contributed by atoms with van der Waals surface area (Å²) in [5.41, 5.74) is 1.30. The number of hydrogen-bond donors (Lipinski definition) is 0. The molecule has 0 spiro atoms. The molecule has 3 rings (SSSR count). The van der Waals surface area contributed by atoms with Crippen molar-refractivity contribution in [2.24, 2.45) is 11.8 Å². The molecule has 2 aliphatic rings. The number of morpholine rings is 1. The zero-order valence-corrected chi connectivity index (χ0v) is 19.3. The minimum absolute atomic E-state index is 0.242. The van der Waals surface area contributed by atoms with Gasteiger partial charge in [0.15, 0.2) is 9.84 Å². The largest absolute Gasteiger partial charge is 0.372 e. The van der Waals surface area contributed by atoms with Crippen molar-refractivity contribution in [2.75, 3.05) is 23.7 Å². The van der Waals surface area contributed by atoms with E-state index >= 15 is 0 Å². The molecular formula is C23H38N2O3S. The molecule has 2 fully saturated rings. The maximum absolute atomic E-state index is 12.2. The maximum Gasteiger partial charge on any atom is 0.152 e. The van der Waals surface area contributed by atoms with Crippen molar-refractivity contribution in [2.45, 2.75) is 83.7 Å². The summed E-state index contributed by atoms with van der Waals surface area (Å²) in [7, 11) is -2.91. The number of pyridine rings is 1. The van der Waals surface area contributed by atoms with Crippen molar-refractivity contribution in [1.82, 2.24) is 4.98 Å². The minimum atomic E-state index is -2.91. The van der Waals surface area contributed by atoms with Crippen molar-refractivity contribution in [3.05, 3.63) is 23.9 Å². The summed E-state index contributed by atoms with van der Waals surface area (Å²) in [5.74, 6) is 2.50. The highest BCUT2D eigenvalue weighted by Crippen LogP contribution is 2.33. The molecule has 164 valence electrons. The van der Waals surface area contributed by atoms with E-state index in [0.29, 0.717) is 17.6 Å². The molecule has 6 heteroatoms. The van der Waals surface area contributed by atoms with Crippen LogP contribution >= 0.6 is 0 Å². The fourth-order valence-corrected chi connectivity index (χ4v) is 6.07. The zero-order valence-electron chi connectivity index (χ0n) is 18.5. The first-order valence-electron chi connectivity index (χ1n) is 11.3. The van der Waals surface area contributed by atoms with Gasteiger partial charge in [0.25, 0.3) is 0 Å². The summed E-state index contributed by atoms with van der Waals surface area (Å²) in [6, 6.07) is 4.36. The highest BCUT2D eigenvalue weighted by Gasteiger charge is 2.27. The molecule has 0 aromatic carbocycles. The predicted molar refractivity (Wildman–Crippen MR) is 119 cm³/mol. The second kappa shape index (κ2) is 9.78. The van der Waals surface area contributed by atoms with Crippen molar-refractivity contribution in [1.29, 1.82) is 0 Å². The van der Waals surface area contributed by atoms with Crippen LogP contribution in [0, 0.1) is 11.8 Å². The molecule has 1 aliphatic carbocycles. The number of aryl methyl sites for hydroxylation is 1. The van der Waals surface area contributed by atoms with Crippen LogP contribution in [-0.4, -0.2) is 49.7 Å². The molecule has 0 radical (unpaired) electrons. The molecule has 0 bridgehead atoms. The van der Waals surface area contributed by atoms with Crippen LogP contribution in [-0.2, 0) is 21.0 Å². The molecule has 0 N–H and O–H groups in total. The molecule has 2 heterocycles. The lowest BCUT2D eigenvalue weighted by Crippen LogP contribution is -2.45. The highest BCUT2D eigenvalue weighted by atomic mass is 32.2. The summed E-state index contributed by atoms with van der Waals surface area (Å²) in [5, 5.41) is -0.250. The predicted octanol–water partition coefficient (Wildman–Crippen LogP) is 4.26. The van der Waals surface area contributed by atoms with Gasteiger partial charge in [-0.05, 0) is 76.8 Å². The van der Waals surface area contributed by atoms with E-state index in [4.69, 9.17) is 9.72 Å². The fourth-order valence-electron chi connectivity index (χ4n) is 4.70. The van der Waals surface area contributed by atoms with Gasteiger partial charge in [-0.15, -0.1) is 0 Å². The van der Waals surface area contributed by atoms with Gasteiger partial charge in [-0.1, -0.05) is 18.9 Å². The Bertz CT molecular complexity index is 730. The third-order valence-electron chi connectivity index (χ3n) is 6.55. The van der Waals surface area contributed by atoms with Gasteiger partial charge in [0, 0.05) is 19.3 Å². The number of ether oxygens (including phenoxy) is 1. The van der Waals surface area contributed by atoms with Gasteiger partial charge in [0.1, 0.15) is 5.82 Å². The Kier molecular flexibility index (Phi) is 7.60. The van der Waals surface area contributed by atoms with Crippen LogP contribution in [0.4, 0.5) is 5.82 Å². The molecule has 1 aromatic rings. The van der Waals surface area contributed by atoms with Gasteiger partial charge in [-0.3, -0.25) is 0 Å². The van der Waals surface area contributed by atoms with Gasteiger partial charge in [0.05, 0.1) is 23.2 Å². The molecule has 1 aromatic heterocycles. The minimum Gasteiger partial charge on any atom is -0.372 e. The number of hydrogen-bond acceptors (Lipinski definition) is 5. The normalized spacial score (nSPS) is 28.7. The first-order chi connectivity index (χ1) is 13.7. The number of rotatable bonds is 7. The Hall–Kier alpha value is -1.14. The summed E-state index contributed by atoms with van der Waals surface area (Å²) >= 11 is 0. The number of nitrogens with zero attached hydrogens (tertiary/aromatic N) is 2. The summed E-state index contributed by atoms with van der Waals surface area (Å²) < 4.78 is 30.1. The topological polar surface area (TPSA) is 59.5 Å². The lowest BCUT2D eigenvalue weighted by atomic mass is 9.80. The maximum atomic E-state index is 12.2. The quantitative estimate of drug-likeness (QED) is 0.657. The molecule has 2 atom stereocenters. The first-order valence-corrected chi connectivity index (χ1v) is 13.0. The van der Waals surface area contributed by atoms with E-state index in [2.05, 4.69) is 30.9 Å². The van der Waals surface area contributed by atoms with Gasteiger partial charge in [0.2, 0.25) is 0 Å². The van der Waals surface area contributed by atoms with Crippen LogP contribution in [0.2, 0.25) is 0 Å². The van der Waals surface area contributed by atoms with Crippen LogP contribution in [0.25, 0.3) is 0 Å². The third kappa shape index (κ3) is 6.42. The van der Waals surface area contributed by atoms with Gasteiger partial charge in [-0.25, -0.2) is 13.4 Å². The van der Waals surface area contributed by atoms with Crippen LogP contribution in [0.5, 0.6) is 0 Å². The summed E-state index contributed by atoms with van der Waals surface area (Å²) in [6.07, 6.45) is 9.18. The standard InChI is InChI=1S/C23H38N2O3S/c1-17(2)29(26,27)16-22-9-6-20(7-10-22)5-8-21-11-12-23(24-13-21)25-14-18(3)28-19(4)15-25/h11-13,17-20,22H,5-10,14-16H2,1-4H3/t18-,19+,20?,22?. The molecule has 5 nitrogen and oxygen atoms in total. The summed E-state index contributed by atoms with van der Waals surface area (Å²) in [4.78, 5) is 7.02. The lowest BCUT2D eigenvalue weighted by Gasteiger charge is -2.36. The highest BCUT2D eigenvalue weighted by molar-refractivity contribution is 7.91. The number of aromatic nitrogens is 1. The smallest absolute Gasteiger partial charge is 0.152 e. The van der Waals surface area contributed by atoms with Crippen LogP contribution in [0.3, 0.4) is 0 Å². The third-order valence-corrected chi connectivity index (χ3v) is 8.92. The van der Waals surface area contributed by atoms with E-state index in [1.54, 1.807) is 13.8 Å². The van der Waals surface area contributed by atoms with E-state index < -0.39 is 9.84 Å². The first kappa shape index (κ1) is 22.5. The molecule has 1 aliphatic heterocycles. The van der Waals surface area contributed by atoms with Crippen molar-refractivity contribution < 1.29 is 13.2 Å². The molecule has 0 unspecified atom stereocenters. The molecular weight excluding hydrogens is 384 g/mol. The van der Waals surface area contributed by atoms with Crippen LogP contribution in [0.15, 0.2) is 18.3 Å². The Labute approximate surface area is 177 Å². The van der Waals surface area contributed by atoms with E-state index in [0.717, 1.165) is 51.0 Å². The Morgan fingerprint density at radius 3 is 2.24 bits per heavy atom. The fraction of sp³-hybridized carbons (Fsp3) is 0.783. The number of sulfone groups is 1. The second-order valence-electron chi connectivity index (χ2n) is 9.49. The van der Waals surface area contributed by atoms with Gasteiger partial charge >= 0.3 is 0 Å². The Morgan fingerprint density at radius 1 is 1.07 bits per heavy atom. The molecule has 29 heavy (non-hydrogen) atoms. The van der Waals surface area contributed by atoms with E-state index in [-0.39, 0.29) is 17.5 Å². The molecule has 1 saturated heterocycles. The van der Waals surface area contributed by atoms with E-state index in [1.807, 2.05) is 6.20 Å². The van der Waals surface area contributed by atoms with Gasteiger partial charge < -0.3 is 9.64 Å².